The summed E-state index contributed by atoms with van der Waals surface area (Å²) in [6, 6.07) is 9.01. The number of likely N-dealkylation sites (N-methyl/N-ethyl adjacent to an activating group) is 1. The first-order chi connectivity index (χ1) is 8.63. The third kappa shape index (κ3) is 2.18. The molecule has 0 bridgehead atoms. The van der Waals surface area contributed by atoms with Gasteiger partial charge in [-0.3, -0.25) is 9.59 Å². The van der Waals surface area contributed by atoms with Gasteiger partial charge in [-0.15, -0.1) is 0 Å². The maximum absolute atomic E-state index is 12.0. The predicted molar refractivity (Wildman–Crippen MR) is 67.3 cm³/mol. The van der Waals surface area contributed by atoms with Gasteiger partial charge in [-0.1, -0.05) is 12.1 Å². The van der Waals surface area contributed by atoms with Crippen LogP contribution >= 0.6 is 0 Å². The maximum Gasteiger partial charge on any atom is 0.241 e. The smallest absolute Gasteiger partial charge is 0.241 e. The Bertz CT molecular complexity index is 533. The number of carbonyl (C=O) groups excluding carboxylic acids is 2. The Morgan fingerprint density at radius 3 is 2.61 bits per heavy atom. The summed E-state index contributed by atoms with van der Waals surface area (Å²) in [6.07, 6.45) is -0.353. The largest absolute Gasteiger partial charge is 0.371 e. The number of ketones is 1. The van der Waals surface area contributed by atoms with E-state index in [2.05, 4.69) is 4.90 Å². The van der Waals surface area contributed by atoms with Gasteiger partial charge in [0.1, 0.15) is 12.5 Å². The van der Waals surface area contributed by atoms with Gasteiger partial charge in [0.2, 0.25) is 11.7 Å². The number of fused-ring (bicyclic) bond motifs is 1. The molecule has 0 fully saturated rings. The van der Waals surface area contributed by atoms with Crippen LogP contribution in [0.25, 0.3) is 0 Å². The second kappa shape index (κ2) is 4.88. The van der Waals surface area contributed by atoms with E-state index in [0.29, 0.717) is 13.1 Å². The number of hydrogen-bond acceptors (Lipinski definition) is 4. The molecular formula is C13H13N3O2. The van der Waals surface area contributed by atoms with Crippen molar-refractivity contribution in [2.24, 2.45) is 0 Å². The highest BCUT2D eigenvalue weighted by molar-refractivity contribution is 6.11. The molecule has 5 heteroatoms. The number of benzene rings is 1. The minimum Gasteiger partial charge on any atom is -0.371 e. The molecule has 18 heavy (non-hydrogen) atoms. The summed E-state index contributed by atoms with van der Waals surface area (Å²) in [4.78, 5) is 26.6. The standard InChI is InChI=1S/C13H13N3O2/c1-15-6-7-16(13(18)8-10(17)9-14)12-5-3-2-4-11(12)15/h2-5H,6-8H2,1H3. The molecule has 1 aliphatic rings. The summed E-state index contributed by atoms with van der Waals surface area (Å²) in [7, 11) is 1.96. The third-order valence-electron chi connectivity index (χ3n) is 2.98. The average Bonchev–Trinajstić information content (AvgIpc) is 2.39. The monoisotopic (exact) mass is 243 g/mol. The Morgan fingerprint density at radius 1 is 1.28 bits per heavy atom. The number of carbonyl (C=O) groups is 2. The molecule has 0 aliphatic carbocycles. The molecular weight excluding hydrogens is 230 g/mol. The van der Waals surface area contributed by atoms with Gasteiger partial charge in [-0.2, -0.15) is 5.26 Å². The first-order valence-corrected chi connectivity index (χ1v) is 5.67. The average molecular weight is 243 g/mol. The van der Waals surface area contributed by atoms with Crippen LogP contribution in [0.1, 0.15) is 6.42 Å². The molecule has 0 aromatic heterocycles. The summed E-state index contributed by atoms with van der Waals surface area (Å²) >= 11 is 0. The molecule has 2 rings (SSSR count). The van der Waals surface area contributed by atoms with E-state index >= 15 is 0 Å². The van der Waals surface area contributed by atoms with Crippen molar-refractivity contribution in [3.8, 4) is 6.07 Å². The second-order valence-electron chi connectivity index (χ2n) is 4.17. The number of Topliss-reactive ketones (excluding diaryl/α,β-unsaturated/α-hetero) is 1. The zero-order valence-electron chi connectivity index (χ0n) is 10.1. The SMILES string of the molecule is CN1CCN(C(=O)CC(=O)C#N)c2ccccc21. The molecule has 0 atom stereocenters. The topological polar surface area (TPSA) is 64.4 Å². The van der Waals surface area contributed by atoms with Crippen molar-refractivity contribution in [2.75, 3.05) is 29.9 Å². The fourth-order valence-electron chi connectivity index (χ4n) is 2.04. The molecule has 0 saturated carbocycles. The highest BCUT2D eigenvalue weighted by atomic mass is 16.2. The van der Waals surface area contributed by atoms with Crippen LogP contribution in [0.3, 0.4) is 0 Å². The maximum atomic E-state index is 12.0. The van der Waals surface area contributed by atoms with E-state index in [1.807, 2.05) is 31.3 Å². The summed E-state index contributed by atoms with van der Waals surface area (Å²) < 4.78 is 0. The van der Waals surface area contributed by atoms with E-state index in [0.717, 1.165) is 11.4 Å². The Kier molecular flexibility index (Phi) is 3.28. The fourth-order valence-corrected chi connectivity index (χ4v) is 2.04. The second-order valence-corrected chi connectivity index (χ2v) is 4.17. The molecule has 1 aliphatic heterocycles. The third-order valence-corrected chi connectivity index (χ3v) is 2.98. The zero-order chi connectivity index (χ0) is 13.1. The lowest BCUT2D eigenvalue weighted by Gasteiger charge is -2.35. The molecule has 1 aromatic carbocycles. The van der Waals surface area contributed by atoms with Crippen molar-refractivity contribution in [2.45, 2.75) is 6.42 Å². The number of amides is 1. The predicted octanol–water partition coefficient (Wildman–Crippen LogP) is 0.952. The van der Waals surface area contributed by atoms with Crippen molar-refractivity contribution < 1.29 is 9.59 Å². The van der Waals surface area contributed by atoms with Crippen molar-refractivity contribution >= 4 is 23.1 Å². The van der Waals surface area contributed by atoms with Crippen LogP contribution in [0.15, 0.2) is 24.3 Å². The molecule has 0 saturated heterocycles. The van der Waals surface area contributed by atoms with Crippen molar-refractivity contribution in [1.29, 1.82) is 5.26 Å². The van der Waals surface area contributed by atoms with Gasteiger partial charge in [-0.05, 0) is 12.1 Å². The number of nitriles is 1. The Morgan fingerprint density at radius 2 is 1.94 bits per heavy atom. The highest BCUT2D eigenvalue weighted by Gasteiger charge is 2.25. The van der Waals surface area contributed by atoms with Gasteiger partial charge in [-0.25, -0.2) is 0 Å². The van der Waals surface area contributed by atoms with E-state index in [9.17, 15) is 9.59 Å². The lowest BCUT2D eigenvalue weighted by molar-refractivity contribution is -0.124. The molecule has 0 N–H and O–H groups in total. The summed E-state index contributed by atoms with van der Waals surface area (Å²) in [5.74, 6) is -1.02. The van der Waals surface area contributed by atoms with E-state index in [1.165, 1.54) is 6.07 Å². The summed E-state index contributed by atoms with van der Waals surface area (Å²) in [5, 5.41) is 8.44. The molecule has 1 aromatic rings. The first-order valence-electron chi connectivity index (χ1n) is 5.67. The number of para-hydroxylation sites is 2. The number of anilines is 2. The number of hydrogen-bond donors (Lipinski definition) is 0. The van der Waals surface area contributed by atoms with Crippen LogP contribution < -0.4 is 9.80 Å². The Hall–Kier alpha value is -2.35. The summed E-state index contributed by atoms with van der Waals surface area (Å²) in [6.45, 7) is 1.24. The van der Waals surface area contributed by atoms with Gasteiger partial charge in [0.25, 0.3) is 0 Å². The normalized spacial score (nSPS) is 13.8. The Balaban J connectivity index is 2.27. The molecule has 0 spiro atoms. The molecule has 1 heterocycles. The van der Waals surface area contributed by atoms with Crippen LogP contribution in [0, 0.1) is 11.3 Å². The van der Waals surface area contributed by atoms with Crippen LogP contribution in [0.2, 0.25) is 0 Å². The zero-order valence-corrected chi connectivity index (χ0v) is 10.1. The molecule has 5 nitrogen and oxygen atoms in total. The van der Waals surface area contributed by atoms with E-state index in [1.54, 1.807) is 4.90 Å². The minimum absolute atomic E-state index is 0.317. The number of rotatable bonds is 2. The van der Waals surface area contributed by atoms with Crippen LogP contribution in [0.4, 0.5) is 11.4 Å². The summed E-state index contributed by atoms with van der Waals surface area (Å²) in [5.41, 5.74) is 1.75. The van der Waals surface area contributed by atoms with Crippen molar-refractivity contribution in [3.05, 3.63) is 24.3 Å². The lowest BCUT2D eigenvalue weighted by atomic mass is 10.1. The lowest BCUT2D eigenvalue weighted by Crippen LogP contribution is -2.43. The van der Waals surface area contributed by atoms with Gasteiger partial charge < -0.3 is 9.80 Å². The van der Waals surface area contributed by atoms with Crippen LogP contribution in [-0.4, -0.2) is 31.8 Å². The molecule has 92 valence electrons. The first kappa shape index (κ1) is 12.1. The van der Waals surface area contributed by atoms with Crippen molar-refractivity contribution in [1.82, 2.24) is 0 Å². The van der Waals surface area contributed by atoms with E-state index in [-0.39, 0.29) is 12.3 Å². The van der Waals surface area contributed by atoms with Crippen LogP contribution in [0.5, 0.6) is 0 Å². The Labute approximate surface area is 105 Å². The van der Waals surface area contributed by atoms with Gasteiger partial charge in [0.15, 0.2) is 0 Å². The highest BCUT2D eigenvalue weighted by Crippen LogP contribution is 2.31. The minimum atomic E-state index is -0.698. The van der Waals surface area contributed by atoms with Crippen LogP contribution in [-0.2, 0) is 9.59 Å². The number of nitrogens with zero attached hydrogens (tertiary/aromatic N) is 3. The van der Waals surface area contributed by atoms with Gasteiger partial charge in [0.05, 0.1) is 11.4 Å². The van der Waals surface area contributed by atoms with Gasteiger partial charge in [0, 0.05) is 20.1 Å². The molecule has 0 unspecified atom stereocenters. The molecule has 0 radical (unpaired) electrons. The fraction of sp³-hybridized carbons (Fsp3) is 0.308. The quantitative estimate of drug-likeness (QED) is 0.573. The van der Waals surface area contributed by atoms with Crippen molar-refractivity contribution in [3.63, 3.8) is 0 Å². The van der Waals surface area contributed by atoms with E-state index < -0.39 is 5.78 Å². The van der Waals surface area contributed by atoms with Gasteiger partial charge >= 0.3 is 0 Å². The molecule has 1 amide bonds. The van der Waals surface area contributed by atoms with E-state index in [4.69, 9.17) is 5.26 Å².